The normalized spacial score (nSPS) is 10.2. The van der Waals surface area contributed by atoms with Crippen LogP contribution in [0.1, 0.15) is 15.9 Å². The lowest BCUT2D eigenvalue weighted by Crippen LogP contribution is -2.13. The van der Waals surface area contributed by atoms with E-state index in [4.69, 9.17) is 4.74 Å². The Hall–Kier alpha value is -2.56. The van der Waals surface area contributed by atoms with Gasteiger partial charge in [0.15, 0.2) is 11.6 Å². The van der Waals surface area contributed by atoms with Crippen molar-refractivity contribution in [1.29, 1.82) is 0 Å². The second-order valence-electron chi connectivity index (χ2n) is 4.25. The van der Waals surface area contributed by atoms with Crippen LogP contribution in [0.3, 0.4) is 0 Å². The van der Waals surface area contributed by atoms with Gasteiger partial charge >= 0.3 is 0 Å². The topological polar surface area (TPSA) is 58.6 Å². The highest BCUT2D eigenvalue weighted by molar-refractivity contribution is 6.05. The van der Waals surface area contributed by atoms with Crippen molar-refractivity contribution in [3.05, 3.63) is 53.3 Å². The van der Waals surface area contributed by atoms with Gasteiger partial charge in [-0.05, 0) is 31.2 Å². The highest BCUT2D eigenvalue weighted by Crippen LogP contribution is 2.24. The number of amides is 1. The number of phenolic OH excluding ortho intramolecular Hbond substituents is 1. The van der Waals surface area contributed by atoms with E-state index in [1.807, 2.05) is 0 Å². The van der Waals surface area contributed by atoms with E-state index in [1.54, 1.807) is 19.1 Å². The lowest BCUT2D eigenvalue weighted by Gasteiger charge is -2.10. The molecule has 4 nitrogen and oxygen atoms in total. The number of benzene rings is 2. The maximum atomic E-state index is 13.3. The van der Waals surface area contributed by atoms with Crippen LogP contribution < -0.4 is 10.1 Å². The SMILES string of the molecule is COc1cc(NC(=O)c2cccc(O)c2C)ccc1F. The molecular formula is C15H14FNO3. The van der Waals surface area contributed by atoms with Crippen LogP contribution in [0.4, 0.5) is 10.1 Å². The van der Waals surface area contributed by atoms with E-state index in [1.165, 1.54) is 31.4 Å². The molecule has 5 heteroatoms. The maximum absolute atomic E-state index is 13.3. The predicted molar refractivity (Wildman–Crippen MR) is 73.7 cm³/mol. The van der Waals surface area contributed by atoms with Crippen LogP contribution in [0.5, 0.6) is 11.5 Å². The molecule has 104 valence electrons. The number of hydrogen-bond acceptors (Lipinski definition) is 3. The van der Waals surface area contributed by atoms with Crippen LogP contribution in [0, 0.1) is 12.7 Å². The van der Waals surface area contributed by atoms with Gasteiger partial charge in [-0.2, -0.15) is 0 Å². The summed E-state index contributed by atoms with van der Waals surface area (Å²) in [5.41, 5.74) is 1.25. The summed E-state index contributed by atoms with van der Waals surface area (Å²) in [6.07, 6.45) is 0. The number of methoxy groups -OCH3 is 1. The molecule has 0 aromatic heterocycles. The zero-order valence-electron chi connectivity index (χ0n) is 11.1. The summed E-state index contributed by atoms with van der Waals surface area (Å²) >= 11 is 0. The summed E-state index contributed by atoms with van der Waals surface area (Å²) in [7, 11) is 1.35. The summed E-state index contributed by atoms with van der Waals surface area (Å²) in [6.45, 7) is 1.65. The Balaban J connectivity index is 2.26. The number of rotatable bonds is 3. The number of carbonyl (C=O) groups excluding carboxylic acids is 1. The second kappa shape index (κ2) is 5.61. The fourth-order valence-corrected chi connectivity index (χ4v) is 1.81. The van der Waals surface area contributed by atoms with Crippen molar-refractivity contribution in [2.45, 2.75) is 6.92 Å². The molecule has 0 radical (unpaired) electrons. The molecule has 0 heterocycles. The fourth-order valence-electron chi connectivity index (χ4n) is 1.81. The van der Waals surface area contributed by atoms with Crippen molar-refractivity contribution in [1.82, 2.24) is 0 Å². The molecule has 2 rings (SSSR count). The number of halogens is 1. The van der Waals surface area contributed by atoms with Gasteiger partial charge in [0.1, 0.15) is 5.75 Å². The van der Waals surface area contributed by atoms with E-state index in [-0.39, 0.29) is 17.4 Å². The molecule has 0 unspecified atom stereocenters. The van der Waals surface area contributed by atoms with Gasteiger partial charge in [-0.3, -0.25) is 4.79 Å². The number of nitrogens with one attached hydrogen (secondary N) is 1. The Labute approximate surface area is 115 Å². The summed E-state index contributed by atoms with van der Waals surface area (Å²) in [4.78, 5) is 12.1. The number of anilines is 1. The highest BCUT2D eigenvalue weighted by Gasteiger charge is 2.12. The minimum atomic E-state index is -0.501. The third-order valence-corrected chi connectivity index (χ3v) is 2.96. The minimum absolute atomic E-state index is 0.0503. The van der Waals surface area contributed by atoms with Gasteiger partial charge in [-0.25, -0.2) is 4.39 Å². The van der Waals surface area contributed by atoms with Crippen LogP contribution in [0.25, 0.3) is 0 Å². The smallest absolute Gasteiger partial charge is 0.256 e. The Bertz CT molecular complexity index is 656. The number of ether oxygens (including phenoxy) is 1. The van der Waals surface area contributed by atoms with Crippen molar-refractivity contribution >= 4 is 11.6 Å². The molecule has 0 saturated carbocycles. The fraction of sp³-hybridized carbons (Fsp3) is 0.133. The van der Waals surface area contributed by atoms with E-state index in [2.05, 4.69) is 5.32 Å². The first-order valence-electron chi connectivity index (χ1n) is 5.96. The van der Waals surface area contributed by atoms with Crippen molar-refractivity contribution in [2.24, 2.45) is 0 Å². The Morgan fingerprint density at radius 2 is 2.05 bits per heavy atom. The van der Waals surface area contributed by atoms with Gasteiger partial charge in [0.05, 0.1) is 7.11 Å². The van der Waals surface area contributed by atoms with Crippen molar-refractivity contribution < 1.29 is 19.0 Å². The van der Waals surface area contributed by atoms with E-state index in [0.29, 0.717) is 16.8 Å². The van der Waals surface area contributed by atoms with Crippen LogP contribution in [-0.4, -0.2) is 18.1 Å². The lowest BCUT2D eigenvalue weighted by atomic mass is 10.1. The molecule has 1 amide bonds. The molecule has 0 spiro atoms. The standard InChI is InChI=1S/C15H14FNO3/c1-9-11(4-3-5-13(9)18)15(19)17-10-6-7-12(16)14(8-10)20-2/h3-8,18H,1-2H3,(H,17,19). The van der Waals surface area contributed by atoms with E-state index >= 15 is 0 Å². The van der Waals surface area contributed by atoms with Crippen molar-refractivity contribution in [3.8, 4) is 11.5 Å². The average molecular weight is 275 g/mol. The largest absolute Gasteiger partial charge is 0.508 e. The number of carbonyl (C=O) groups is 1. The van der Waals surface area contributed by atoms with E-state index in [9.17, 15) is 14.3 Å². The summed E-state index contributed by atoms with van der Waals surface area (Å²) in [6, 6.07) is 8.74. The first kappa shape index (κ1) is 13.9. The molecule has 0 bridgehead atoms. The maximum Gasteiger partial charge on any atom is 0.256 e. The third kappa shape index (κ3) is 2.71. The first-order valence-corrected chi connectivity index (χ1v) is 5.96. The molecule has 0 fully saturated rings. The van der Waals surface area contributed by atoms with Gasteiger partial charge in [-0.15, -0.1) is 0 Å². The summed E-state index contributed by atoms with van der Waals surface area (Å²) in [5.74, 6) is -0.782. The van der Waals surface area contributed by atoms with Gasteiger partial charge in [-0.1, -0.05) is 6.07 Å². The predicted octanol–water partition coefficient (Wildman–Crippen LogP) is 3.10. The Morgan fingerprint density at radius 1 is 1.30 bits per heavy atom. The zero-order chi connectivity index (χ0) is 14.7. The van der Waals surface area contributed by atoms with Gasteiger partial charge in [0.2, 0.25) is 0 Å². The Morgan fingerprint density at radius 3 is 2.75 bits per heavy atom. The molecule has 0 aliphatic rings. The number of hydrogen-bond donors (Lipinski definition) is 2. The zero-order valence-corrected chi connectivity index (χ0v) is 11.1. The van der Waals surface area contributed by atoms with Gasteiger partial charge in [0.25, 0.3) is 5.91 Å². The van der Waals surface area contributed by atoms with Crippen LogP contribution in [0.2, 0.25) is 0 Å². The molecule has 0 saturated heterocycles. The third-order valence-electron chi connectivity index (χ3n) is 2.96. The summed E-state index contributed by atoms with van der Waals surface area (Å²) < 4.78 is 18.1. The number of phenols is 1. The lowest BCUT2D eigenvalue weighted by molar-refractivity contribution is 0.102. The molecule has 0 aliphatic heterocycles. The van der Waals surface area contributed by atoms with E-state index < -0.39 is 5.82 Å². The number of aromatic hydroxyl groups is 1. The molecule has 0 aliphatic carbocycles. The minimum Gasteiger partial charge on any atom is -0.508 e. The van der Waals surface area contributed by atoms with Gasteiger partial charge < -0.3 is 15.2 Å². The molecule has 20 heavy (non-hydrogen) atoms. The molecular weight excluding hydrogens is 261 g/mol. The quantitative estimate of drug-likeness (QED) is 0.905. The van der Waals surface area contributed by atoms with Crippen LogP contribution in [0.15, 0.2) is 36.4 Å². The highest BCUT2D eigenvalue weighted by atomic mass is 19.1. The molecule has 2 N–H and O–H groups in total. The van der Waals surface area contributed by atoms with Crippen LogP contribution >= 0.6 is 0 Å². The molecule has 2 aromatic rings. The monoisotopic (exact) mass is 275 g/mol. The van der Waals surface area contributed by atoms with Crippen molar-refractivity contribution in [3.63, 3.8) is 0 Å². The first-order chi connectivity index (χ1) is 9.52. The average Bonchev–Trinajstić information content (AvgIpc) is 2.43. The summed E-state index contributed by atoms with van der Waals surface area (Å²) in [5, 5.41) is 12.2. The second-order valence-corrected chi connectivity index (χ2v) is 4.25. The van der Waals surface area contributed by atoms with E-state index in [0.717, 1.165) is 0 Å². The van der Waals surface area contributed by atoms with Gasteiger partial charge in [0, 0.05) is 22.9 Å². The Kier molecular flexibility index (Phi) is 3.89. The molecule has 2 aromatic carbocycles. The molecule has 0 atom stereocenters. The van der Waals surface area contributed by atoms with Crippen LogP contribution in [-0.2, 0) is 0 Å². The van der Waals surface area contributed by atoms with Crippen molar-refractivity contribution in [2.75, 3.05) is 12.4 Å².